The van der Waals surface area contributed by atoms with E-state index >= 15 is 0 Å². The fraction of sp³-hybridized carbons (Fsp3) is 0.565. The standard InChI is InChI=1S/C23H33N3O6/c1-3-31-21(28)14-10-5-4-9-13-20-22(29)25(17-19-11-7-6-8-12-19)23(30)26(20)24-15-16-32-18(2)27/h6-8,11-12,20,24H,3-5,9-10,13-17H2,1-2H3. The van der Waals surface area contributed by atoms with Crippen molar-refractivity contribution in [1.82, 2.24) is 15.3 Å². The van der Waals surface area contributed by atoms with E-state index in [1.807, 2.05) is 30.3 Å². The Morgan fingerprint density at radius 3 is 2.44 bits per heavy atom. The molecule has 1 aromatic carbocycles. The molecule has 176 valence electrons. The summed E-state index contributed by atoms with van der Waals surface area (Å²) in [4.78, 5) is 49.6. The Balaban J connectivity index is 1.90. The minimum Gasteiger partial charge on any atom is -0.466 e. The maximum atomic E-state index is 13.0. The van der Waals surface area contributed by atoms with Crippen LogP contribution in [0.4, 0.5) is 4.79 Å². The van der Waals surface area contributed by atoms with E-state index in [9.17, 15) is 19.2 Å². The second kappa shape index (κ2) is 13.5. The molecule has 0 radical (unpaired) electrons. The molecule has 1 N–H and O–H groups in total. The van der Waals surface area contributed by atoms with Crippen molar-refractivity contribution in [2.75, 3.05) is 19.8 Å². The smallest absolute Gasteiger partial charge is 0.342 e. The molecule has 0 aliphatic carbocycles. The van der Waals surface area contributed by atoms with Gasteiger partial charge in [-0.1, -0.05) is 49.6 Å². The fourth-order valence-corrected chi connectivity index (χ4v) is 3.54. The highest BCUT2D eigenvalue weighted by Crippen LogP contribution is 2.23. The van der Waals surface area contributed by atoms with Crippen LogP contribution in [0.5, 0.6) is 0 Å². The van der Waals surface area contributed by atoms with Crippen LogP contribution < -0.4 is 5.43 Å². The summed E-state index contributed by atoms with van der Waals surface area (Å²) in [7, 11) is 0. The van der Waals surface area contributed by atoms with Gasteiger partial charge >= 0.3 is 18.0 Å². The van der Waals surface area contributed by atoms with E-state index in [1.54, 1.807) is 6.92 Å². The largest absolute Gasteiger partial charge is 0.466 e. The van der Waals surface area contributed by atoms with Crippen LogP contribution in [0.3, 0.4) is 0 Å². The molecular weight excluding hydrogens is 414 g/mol. The van der Waals surface area contributed by atoms with Crippen LogP contribution >= 0.6 is 0 Å². The molecule has 32 heavy (non-hydrogen) atoms. The second-order valence-corrected chi connectivity index (χ2v) is 7.58. The van der Waals surface area contributed by atoms with Crippen LogP contribution in [-0.2, 0) is 30.4 Å². The lowest BCUT2D eigenvalue weighted by Crippen LogP contribution is -2.47. The molecule has 3 amide bonds. The zero-order valence-electron chi connectivity index (χ0n) is 18.9. The van der Waals surface area contributed by atoms with Crippen molar-refractivity contribution in [2.45, 2.75) is 65.0 Å². The minimum atomic E-state index is -0.617. The molecule has 0 saturated carbocycles. The van der Waals surface area contributed by atoms with Crippen molar-refractivity contribution in [3.05, 3.63) is 35.9 Å². The zero-order valence-corrected chi connectivity index (χ0v) is 18.9. The van der Waals surface area contributed by atoms with Gasteiger partial charge in [0.2, 0.25) is 0 Å². The van der Waals surface area contributed by atoms with Gasteiger partial charge in [-0.2, -0.15) is 0 Å². The lowest BCUT2D eigenvalue weighted by Gasteiger charge is -2.22. The average Bonchev–Trinajstić information content (AvgIpc) is 2.98. The van der Waals surface area contributed by atoms with E-state index in [0.29, 0.717) is 19.4 Å². The van der Waals surface area contributed by atoms with E-state index in [4.69, 9.17) is 9.47 Å². The third-order valence-corrected chi connectivity index (χ3v) is 5.09. The summed E-state index contributed by atoms with van der Waals surface area (Å²) in [6.45, 7) is 4.02. The van der Waals surface area contributed by atoms with E-state index in [0.717, 1.165) is 31.2 Å². The first-order chi connectivity index (χ1) is 15.4. The van der Waals surface area contributed by atoms with Crippen molar-refractivity contribution in [3.63, 3.8) is 0 Å². The quantitative estimate of drug-likeness (QED) is 0.266. The van der Waals surface area contributed by atoms with E-state index in [-0.39, 0.29) is 31.6 Å². The molecule has 0 aromatic heterocycles. The SMILES string of the molecule is CCOC(=O)CCCCCCC1C(=O)N(Cc2ccccc2)C(=O)N1NCCOC(C)=O. The maximum absolute atomic E-state index is 13.0. The number of carbonyl (C=O) groups excluding carboxylic acids is 4. The summed E-state index contributed by atoms with van der Waals surface area (Å²) in [6.07, 6.45) is 4.08. The number of urea groups is 1. The van der Waals surface area contributed by atoms with Gasteiger partial charge in [-0.15, -0.1) is 0 Å². The predicted octanol–water partition coefficient (Wildman–Crippen LogP) is 2.79. The number of hydrazine groups is 1. The number of imide groups is 1. The number of esters is 2. The molecule has 1 heterocycles. The number of nitrogens with one attached hydrogen (secondary N) is 1. The van der Waals surface area contributed by atoms with Crippen molar-refractivity contribution in [3.8, 4) is 0 Å². The summed E-state index contributed by atoms with van der Waals surface area (Å²) < 4.78 is 9.83. The van der Waals surface area contributed by atoms with Gasteiger partial charge in [0.15, 0.2) is 0 Å². The minimum absolute atomic E-state index is 0.104. The molecule has 1 atom stereocenters. The molecule has 1 aliphatic rings. The Morgan fingerprint density at radius 1 is 1.03 bits per heavy atom. The number of hydrogen-bond donors (Lipinski definition) is 1. The molecular formula is C23H33N3O6. The van der Waals surface area contributed by atoms with Gasteiger partial charge in [0.05, 0.1) is 13.2 Å². The first kappa shape index (κ1) is 25.3. The van der Waals surface area contributed by atoms with Gasteiger partial charge < -0.3 is 9.47 Å². The van der Waals surface area contributed by atoms with Crippen molar-refractivity contribution >= 4 is 23.9 Å². The number of benzene rings is 1. The predicted molar refractivity (Wildman–Crippen MR) is 117 cm³/mol. The number of ether oxygens (including phenoxy) is 2. The summed E-state index contributed by atoms with van der Waals surface area (Å²) in [5.41, 5.74) is 3.82. The number of carbonyl (C=O) groups is 4. The molecule has 0 bridgehead atoms. The van der Waals surface area contributed by atoms with Crippen LogP contribution in [-0.4, -0.2) is 59.6 Å². The highest BCUT2D eigenvalue weighted by molar-refractivity contribution is 6.03. The Hall–Kier alpha value is -2.94. The molecule has 1 unspecified atom stereocenters. The molecule has 1 aliphatic heterocycles. The van der Waals surface area contributed by atoms with Crippen LogP contribution in [0, 0.1) is 0 Å². The lowest BCUT2D eigenvalue weighted by molar-refractivity contribution is -0.143. The van der Waals surface area contributed by atoms with E-state index in [2.05, 4.69) is 5.43 Å². The number of amides is 3. The van der Waals surface area contributed by atoms with Crippen molar-refractivity contribution < 1.29 is 28.7 Å². The monoisotopic (exact) mass is 447 g/mol. The highest BCUT2D eigenvalue weighted by atomic mass is 16.5. The van der Waals surface area contributed by atoms with Crippen molar-refractivity contribution in [2.24, 2.45) is 0 Å². The van der Waals surface area contributed by atoms with Gasteiger partial charge in [-0.3, -0.25) is 19.3 Å². The Labute approximate surface area is 189 Å². The number of hydrogen-bond acceptors (Lipinski definition) is 7. The van der Waals surface area contributed by atoms with Gasteiger partial charge in [-0.05, 0) is 25.3 Å². The normalized spacial score (nSPS) is 15.9. The van der Waals surface area contributed by atoms with Gasteiger partial charge in [-0.25, -0.2) is 15.2 Å². The highest BCUT2D eigenvalue weighted by Gasteiger charge is 2.44. The van der Waals surface area contributed by atoms with Gasteiger partial charge in [0.1, 0.15) is 12.6 Å². The number of nitrogens with zero attached hydrogens (tertiary/aromatic N) is 2. The zero-order chi connectivity index (χ0) is 23.3. The Kier molecular flexibility index (Phi) is 10.7. The average molecular weight is 448 g/mol. The third kappa shape index (κ3) is 7.96. The van der Waals surface area contributed by atoms with Crippen molar-refractivity contribution in [1.29, 1.82) is 0 Å². The third-order valence-electron chi connectivity index (χ3n) is 5.09. The Bertz CT molecular complexity index is 770. The van der Waals surface area contributed by atoms with Crippen LogP contribution in [0.2, 0.25) is 0 Å². The van der Waals surface area contributed by atoms with Gasteiger partial charge in [0.25, 0.3) is 5.91 Å². The maximum Gasteiger partial charge on any atom is 0.342 e. The molecule has 1 saturated heterocycles. The van der Waals surface area contributed by atoms with Crippen LogP contribution in [0.15, 0.2) is 30.3 Å². The summed E-state index contributed by atoms with van der Waals surface area (Å²) in [5.74, 6) is -0.838. The van der Waals surface area contributed by atoms with E-state index < -0.39 is 18.0 Å². The fourth-order valence-electron chi connectivity index (χ4n) is 3.54. The first-order valence-corrected chi connectivity index (χ1v) is 11.1. The topological polar surface area (TPSA) is 105 Å². The number of rotatable bonds is 14. The Morgan fingerprint density at radius 2 is 1.75 bits per heavy atom. The first-order valence-electron chi connectivity index (χ1n) is 11.1. The molecule has 9 heteroatoms. The van der Waals surface area contributed by atoms with Crippen LogP contribution in [0.25, 0.3) is 0 Å². The molecule has 1 fully saturated rings. The lowest BCUT2D eigenvalue weighted by atomic mass is 10.1. The molecule has 9 nitrogen and oxygen atoms in total. The molecule has 0 spiro atoms. The molecule has 1 aromatic rings. The number of unbranched alkanes of at least 4 members (excludes halogenated alkanes) is 3. The van der Waals surface area contributed by atoms with E-state index in [1.165, 1.54) is 16.8 Å². The summed E-state index contributed by atoms with van der Waals surface area (Å²) in [5, 5.41) is 1.35. The summed E-state index contributed by atoms with van der Waals surface area (Å²) in [6, 6.07) is 8.32. The van der Waals surface area contributed by atoms with Crippen LogP contribution in [0.1, 0.15) is 57.9 Å². The van der Waals surface area contributed by atoms with Gasteiger partial charge in [0, 0.05) is 19.9 Å². The molecule has 2 rings (SSSR count). The summed E-state index contributed by atoms with van der Waals surface area (Å²) >= 11 is 0. The second-order valence-electron chi connectivity index (χ2n) is 7.58.